The van der Waals surface area contributed by atoms with E-state index in [-0.39, 0.29) is 11.3 Å². The molecule has 0 saturated heterocycles. The normalized spacial score (nSPS) is 10.6. The molecule has 2 N–H and O–H groups in total. The number of hydrogen-bond donors (Lipinski definition) is 2. The molecule has 5 heteroatoms. The van der Waals surface area contributed by atoms with Gasteiger partial charge >= 0.3 is 5.97 Å². The van der Waals surface area contributed by atoms with Gasteiger partial charge in [0.05, 0.1) is 18.8 Å². The highest BCUT2D eigenvalue weighted by atomic mass is 16.5. The van der Waals surface area contributed by atoms with Crippen LogP contribution in [0.25, 0.3) is 11.1 Å². The van der Waals surface area contributed by atoms with Gasteiger partial charge in [0.15, 0.2) is 0 Å². The number of benzene rings is 3. The lowest BCUT2D eigenvalue weighted by Gasteiger charge is -2.08. The van der Waals surface area contributed by atoms with Crippen LogP contribution in [0.1, 0.15) is 48.9 Å². The summed E-state index contributed by atoms with van der Waals surface area (Å²) in [5.74, 6) is 0.874. The Hall–Kier alpha value is -3.47. The molecule has 0 amide bonds. The third-order valence-electron chi connectivity index (χ3n) is 5.21. The lowest BCUT2D eigenvalue weighted by Crippen LogP contribution is -1.98. The zero-order chi connectivity index (χ0) is 22.6. The second-order valence-corrected chi connectivity index (χ2v) is 7.72. The summed E-state index contributed by atoms with van der Waals surface area (Å²) in [5, 5.41) is 18.4. The maximum Gasteiger partial charge on any atom is 0.335 e. The maximum absolute atomic E-state index is 10.9. The minimum atomic E-state index is -0.917. The van der Waals surface area contributed by atoms with Crippen molar-refractivity contribution in [3.63, 3.8) is 0 Å². The molecule has 0 aliphatic rings. The van der Waals surface area contributed by atoms with Gasteiger partial charge in [-0.05, 0) is 60.4 Å². The van der Waals surface area contributed by atoms with Crippen molar-refractivity contribution in [2.45, 2.75) is 38.5 Å². The molecule has 0 atom stereocenters. The number of carboxylic acid groups (broad SMARTS) is 1. The van der Waals surface area contributed by atoms with Crippen LogP contribution in [0.15, 0.2) is 72.8 Å². The number of phenolic OH excluding ortho intramolecular Hbond substituents is 1. The smallest absolute Gasteiger partial charge is 0.335 e. The molecule has 0 bridgehead atoms. The van der Waals surface area contributed by atoms with E-state index in [1.54, 1.807) is 30.3 Å². The Balaban J connectivity index is 1.24. The summed E-state index contributed by atoms with van der Waals surface area (Å²) in [6.07, 6.45) is 6.67. The SMILES string of the molecule is O=C(O)c1ccc(-c2ccc(OCCCCCCCCOc3cccc(O)c3)cc2)cc1. The van der Waals surface area contributed by atoms with E-state index in [0.717, 1.165) is 42.6 Å². The summed E-state index contributed by atoms with van der Waals surface area (Å²) in [6, 6.07) is 21.6. The molecular formula is C27H30O5. The number of carboxylic acids is 1. The van der Waals surface area contributed by atoms with Crippen LogP contribution in [-0.2, 0) is 0 Å². The summed E-state index contributed by atoms with van der Waals surface area (Å²) in [4.78, 5) is 10.9. The van der Waals surface area contributed by atoms with E-state index < -0.39 is 5.97 Å². The molecule has 0 radical (unpaired) electrons. The van der Waals surface area contributed by atoms with Gasteiger partial charge < -0.3 is 19.7 Å². The molecule has 168 valence electrons. The first-order chi connectivity index (χ1) is 15.6. The lowest BCUT2D eigenvalue weighted by atomic mass is 10.0. The fourth-order valence-electron chi connectivity index (χ4n) is 3.41. The minimum absolute atomic E-state index is 0.230. The predicted molar refractivity (Wildman–Crippen MR) is 126 cm³/mol. The molecule has 5 nitrogen and oxygen atoms in total. The zero-order valence-electron chi connectivity index (χ0n) is 18.2. The van der Waals surface area contributed by atoms with Crippen molar-refractivity contribution in [1.29, 1.82) is 0 Å². The Morgan fingerprint density at radius 1 is 0.656 bits per heavy atom. The molecular weight excluding hydrogens is 404 g/mol. The molecule has 0 aromatic heterocycles. The van der Waals surface area contributed by atoms with Crippen LogP contribution >= 0.6 is 0 Å². The van der Waals surface area contributed by atoms with Gasteiger partial charge in [-0.2, -0.15) is 0 Å². The van der Waals surface area contributed by atoms with Crippen molar-refractivity contribution in [2.75, 3.05) is 13.2 Å². The van der Waals surface area contributed by atoms with Crippen molar-refractivity contribution in [1.82, 2.24) is 0 Å². The van der Waals surface area contributed by atoms with Crippen LogP contribution in [0.4, 0.5) is 0 Å². The molecule has 0 unspecified atom stereocenters. The average molecular weight is 435 g/mol. The monoisotopic (exact) mass is 434 g/mol. The van der Waals surface area contributed by atoms with Gasteiger partial charge in [0.2, 0.25) is 0 Å². The Morgan fingerprint density at radius 2 is 1.19 bits per heavy atom. The van der Waals surface area contributed by atoms with Gasteiger partial charge in [0.25, 0.3) is 0 Å². The third-order valence-corrected chi connectivity index (χ3v) is 5.21. The standard InChI is InChI=1S/C27H30O5/c28-24-8-7-9-26(20-24)32-19-6-4-2-1-3-5-18-31-25-16-14-22(15-17-25)21-10-12-23(13-11-21)27(29)30/h7-17,20,28H,1-6,18-19H2,(H,29,30). The summed E-state index contributed by atoms with van der Waals surface area (Å²) >= 11 is 0. The largest absolute Gasteiger partial charge is 0.508 e. The lowest BCUT2D eigenvalue weighted by molar-refractivity contribution is 0.0697. The number of aromatic carboxylic acids is 1. The number of aromatic hydroxyl groups is 1. The average Bonchev–Trinajstić information content (AvgIpc) is 2.81. The molecule has 32 heavy (non-hydrogen) atoms. The Bertz CT molecular complexity index is 964. The number of unbranched alkanes of at least 4 members (excludes halogenated alkanes) is 5. The fraction of sp³-hybridized carbons (Fsp3) is 0.296. The number of ether oxygens (including phenoxy) is 2. The molecule has 0 heterocycles. The third kappa shape index (κ3) is 7.65. The maximum atomic E-state index is 10.9. The molecule has 0 aliphatic heterocycles. The van der Waals surface area contributed by atoms with Crippen molar-refractivity contribution < 1.29 is 24.5 Å². The summed E-state index contributed by atoms with van der Waals surface area (Å²) in [5.41, 5.74) is 2.30. The van der Waals surface area contributed by atoms with E-state index in [1.807, 2.05) is 42.5 Å². The van der Waals surface area contributed by atoms with Crippen LogP contribution < -0.4 is 9.47 Å². The van der Waals surface area contributed by atoms with Crippen LogP contribution in [-0.4, -0.2) is 29.4 Å². The van der Waals surface area contributed by atoms with E-state index in [0.29, 0.717) is 19.0 Å². The highest BCUT2D eigenvalue weighted by Gasteiger charge is 2.04. The first-order valence-corrected chi connectivity index (χ1v) is 11.1. The van der Waals surface area contributed by atoms with E-state index in [4.69, 9.17) is 14.6 Å². The summed E-state index contributed by atoms with van der Waals surface area (Å²) in [7, 11) is 0. The Kier molecular flexibility index (Phi) is 8.99. The van der Waals surface area contributed by atoms with Crippen molar-refractivity contribution >= 4 is 5.97 Å². The first-order valence-electron chi connectivity index (χ1n) is 11.1. The van der Waals surface area contributed by atoms with Crippen LogP contribution in [0.3, 0.4) is 0 Å². The molecule has 0 saturated carbocycles. The highest BCUT2D eigenvalue weighted by molar-refractivity contribution is 5.88. The van der Waals surface area contributed by atoms with E-state index >= 15 is 0 Å². The minimum Gasteiger partial charge on any atom is -0.508 e. The van der Waals surface area contributed by atoms with Crippen molar-refractivity contribution in [3.8, 4) is 28.4 Å². The molecule has 0 spiro atoms. The Morgan fingerprint density at radius 3 is 1.75 bits per heavy atom. The summed E-state index contributed by atoms with van der Waals surface area (Å²) in [6.45, 7) is 1.37. The van der Waals surface area contributed by atoms with Gasteiger partial charge in [0.1, 0.15) is 17.2 Å². The van der Waals surface area contributed by atoms with Crippen LogP contribution in [0, 0.1) is 0 Å². The molecule has 3 aromatic carbocycles. The number of carbonyl (C=O) groups is 1. The van der Waals surface area contributed by atoms with E-state index in [1.165, 1.54) is 12.8 Å². The van der Waals surface area contributed by atoms with Gasteiger partial charge in [-0.1, -0.05) is 56.0 Å². The van der Waals surface area contributed by atoms with Crippen molar-refractivity contribution in [2.24, 2.45) is 0 Å². The van der Waals surface area contributed by atoms with Gasteiger partial charge in [-0.25, -0.2) is 4.79 Å². The first kappa shape index (κ1) is 23.2. The van der Waals surface area contributed by atoms with Crippen molar-refractivity contribution in [3.05, 3.63) is 78.4 Å². The molecule has 0 aliphatic carbocycles. The van der Waals surface area contributed by atoms with E-state index in [2.05, 4.69) is 0 Å². The second kappa shape index (κ2) is 12.4. The van der Waals surface area contributed by atoms with Gasteiger partial charge in [0, 0.05) is 6.07 Å². The number of hydrogen-bond acceptors (Lipinski definition) is 4. The van der Waals surface area contributed by atoms with Gasteiger partial charge in [-0.3, -0.25) is 0 Å². The quantitative estimate of drug-likeness (QED) is 0.298. The molecule has 3 aromatic rings. The molecule has 3 rings (SSSR count). The topological polar surface area (TPSA) is 76.0 Å². The van der Waals surface area contributed by atoms with Crippen LogP contribution in [0.5, 0.6) is 17.2 Å². The zero-order valence-corrected chi connectivity index (χ0v) is 18.2. The highest BCUT2D eigenvalue weighted by Crippen LogP contribution is 2.23. The van der Waals surface area contributed by atoms with E-state index in [9.17, 15) is 9.90 Å². The fourth-order valence-corrected chi connectivity index (χ4v) is 3.41. The molecule has 0 fully saturated rings. The second-order valence-electron chi connectivity index (χ2n) is 7.72. The number of phenols is 1. The number of rotatable bonds is 13. The Labute approximate surface area is 189 Å². The predicted octanol–water partition coefficient (Wildman–Crippen LogP) is 6.56. The van der Waals surface area contributed by atoms with Crippen LogP contribution in [0.2, 0.25) is 0 Å². The summed E-state index contributed by atoms with van der Waals surface area (Å²) < 4.78 is 11.5. The van der Waals surface area contributed by atoms with Gasteiger partial charge in [-0.15, -0.1) is 0 Å².